The number of hydrogen-bond donors (Lipinski definition) is 3. The Morgan fingerprint density at radius 2 is 2.06 bits per heavy atom. The van der Waals surface area contributed by atoms with Gasteiger partial charge in [-0.25, -0.2) is 9.78 Å². The standard InChI is InChI=1S/C22H22N4O5S4/c1-32-11-14(27)24-15(12-5-3-2-4-6-12)18(28)25-16-19(29)26-17(21(30)31)13(9-34-20(16)26)10-35-22-23-7-8-33-22/h2-8,15-16,20H,9-11H2,1H3,(H,24,27)(H,25,28)(H,30,31)/t15?,16?,20-/m0/s1. The molecule has 0 radical (unpaired) electrons. The van der Waals surface area contributed by atoms with E-state index >= 15 is 0 Å². The van der Waals surface area contributed by atoms with Crippen molar-refractivity contribution in [1.29, 1.82) is 0 Å². The smallest absolute Gasteiger partial charge is 0.352 e. The topological polar surface area (TPSA) is 129 Å². The van der Waals surface area contributed by atoms with Crippen LogP contribution in [0, 0.1) is 0 Å². The van der Waals surface area contributed by atoms with Gasteiger partial charge in [0.05, 0.1) is 5.75 Å². The Balaban J connectivity index is 1.48. The number of carboxylic acids is 1. The Morgan fingerprint density at radius 1 is 1.29 bits per heavy atom. The molecule has 2 aliphatic rings. The Morgan fingerprint density at radius 3 is 2.71 bits per heavy atom. The Bertz CT molecular complexity index is 1140. The Labute approximate surface area is 218 Å². The van der Waals surface area contributed by atoms with Crippen molar-refractivity contribution in [2.75, 3.05) is 23.5 Å². The molecule has 35 heavy (non-hydrogen) atoms. The molecule has 0 saturated carbocycles. The summed E-state index contributed by atoms with van der Waals surface area (Å²) in [6, 6.07) is 6.94. The van der Waals surface area contributed by atoms with E-state index < -0.39 is 35.2 Å². The van der Waals surface area contributed by atoms with Crippen LogP contribution in [0.3, 0.4) is 0 Å². The number of nitrogens with zero attached hydrogens (tertiary/aromatic N) is 2. The lowest BCUT2D eigenvalue weighted by atomic mass is 10.0. The van der Waals surface area contributed by atoms with E-state index in [2.05, 4.69) is 15.6 Å². The van der Waals surface area contributed by atoms with E-state index in [1.165, 1.54) is 51.5 Å². The third kappa shape index (κ3) is 5.68. The summed E-state index contributed by atoms with van der Waals surface area (Å²) in [6.07, 6.45) is 3.47. The molecule has 9 nitrogen and oxygen atoms in total. The molecule has 3 amide bonds. The molecule has 3 atom stereocenters. The zero-order valence-corrected chi connectivity index (χ0v) is 21.8. The predicted molar refractivity (Wildman–Crippen MR) is 138 cm³/mol. The van der Waals surface area contributed by atoms with Crippen molar-refractivity contribution in [2.24, 2.45) is 0 Å². The summed E-state index contributed by atoms with van der Waals surface area (Å²) < 4.78 is 0.824. The molecule has 3 heterocycles. The summed E-state index contributed by atoms with van der Waals surface area (Å²) in [7, 11) is 0. The molecule has 3 N–H and O–H groups in total. The maximum absolute atomic E-state index is 13.2. The average molecular weight is 551 g/mol. The molecule has 0 aliphatic carbocycles. The number of thiazole rings is 1. The molecule has 1 aromatic carbocycles. The maximum atomic E-state index is 13.2. The highest BCUT2D eigenvalue weighted by Crippen LogP contribution is 2.41. The first-order valence-corrected chi connectivity index (χ1v) is 14.8. The fourth-order valence-electron chi connectivity index (χ4n) is 3.74. The molecule has 2 aliphatic heterocycles. The molecule has 2 unspecified atom stereocenters. The molecule has 4 rings (SSSR count). The van der Waals surface area contributed by atoms with Gasteiger partial charge >= 0.3 is 5.97 Å². The first-order valence-electron chi connectivity index (χ1n) is 10.5. The molecule has 2 aromatic rings. The van der Waals surface area contributed by atoms with E-state index in [-0.39, 0.29) is 17.4 Å². The van der Waals surface area contributed by atoms with Crippen LogP contribution in [-0.4, -0.2) is 73.6 Å². The minimum absolute atomic E-state index is 0.0267. The second kappa shape index (κ2) is 11.5. The van der Waals surface area contributed by atoms with E-state index in [0.29, 0.717) is 22.6 Å². The predicted octanol–water partition coefficient (Wildman–Crippen LogP) is 2.19. The van der Waals surface area contributed by atoms with E-state index in [0.717, 1.165) is 4.34 Å². The van der Waals surface area contributed by atoms with Crippen molar-refractivity contribution in [3.8, 4) is 0 Å². The third-order valence-corrected chi connectivity index (χ3v) is 9.25. The van der Waals surface area contributed by atoms with Gasteiger partial charge in [0.25, 0.3) is 5.91 Å². The quantitative estimate of drug-likeness (QED) is 0.301. The molecule has 184 valence electrons. The molecular formula is C22H22N4O5S4. The summed E-state index contributed by atoms with van der Waals surface area (Å²) in [5, 5.41) is 16.6. The van der Waals surface area contributed by atoms with Crippen LogP contribution in [0.5, 0.6) is 0 Å². The molecular weight excluding hydrogens is 529 g/mol. The summed E-state index contributed by atoms with van der Waals surface area (Å²) in [5.41, 5.74) is 1.21. The fraction of sp³-hybridized carbons (Fsp3) is 0.318. The van der Waals surface area contributed by atoms with Gasteiger partial charge in [-0.1, -0.05) is 42.1 Å². The van der Waals surface area contributed by atoms with E-state index in [9.17, 15) is 24.3 Å². The molecule has 0 bridgehead atoms. The van der Waals surface area contributed by atoms with Crippen LogP contribution >= 0.6 is 46.6 Å². The van der Waals surface area contributed by atoms with Crippen molar-refractivity contribution in [1.82, 2.24) is 20.5 Å². The second-order valence-electron chi connectivity index (χ2n) is 7.58. The molecule has 1 fully saturated rings. The summed E-state index contributed by atoms with van der Waals surface area (Å²) >= 11 is 5.64. The average Bonchev–Trinajstić information content (AvgIpc) is 3.38. The van der Waals surface area contributed by atoms with Gasteiger partial charge in [0.15, 0.2) is 0 Å². The monoisotopic (exact) mass is 550 g/mol. The van der Waals surface area contributed by atoms with Crippen LogP contribution in [-0.2, 0) is 19.2 Å². The number of benzene rings is 1. The first kappa shape index (κ1) is 25.6. The van der Waals surface area contributed by atoms with Crippen molar-refractivity contribution in [2.45, 2.75) is 21.8 Å². The summed E-state index contributed by atoms with van der Waals surface area (Å²) in [5.74, 6) is -1.44. The van der Waals surface area contributed by atoms with Crippen LogP contribution in [0.25, 0.3) is 0 Å². The first-order chi connectivity index (χ1) is 16.9. The number of nitrogens with one attached hydrogen (secondary N) is 2. The van der Waals surface area contributed by atoms with Gasteiger partial charge in [-0.2, -0.15) is 11.8 Å². The van der Waals surface area contributed by atoms with Crippen LogP contribution in [0.2, 0.25) is 0 Å². The van der Waals surface area contributed by atoms with Gasteiger partial charge in [-0.3, -0.25) is 19.3 Å². The van der Waals surface area contributed by atoms with Gasteiger partial charge in [-0.15, -0.1) is 23.1 Å². The molecule has 1 saturated heterocycles. The molecule has 13 heteroatoms. The van der Waals surface area contributed by atoms with Crippen molar-refractivity contribution in [3.05, 3.63) is 58.7 Å². The zero-order valence-electron chi connectivity index (χ0n) is 18.5. The number of fused-ring (bicyclic) bond motifs is 1. The number of aromatic nitrogens is 1. The van der Waals surface area contributed by atoms with Crippen molar-refractivity contribution >= 4 is 70.3 Å². The van der Waals surface area contributed by atoms with Crippen LogP contribution in [0.1, 0.15) is 11.6 Å². The van der Waals surface area contributed by atoms with Gasteiger partial charge in [0.1, 0.15) is 27.5 Å². The highest BCUT2D eigenvalue weighted by molar-refractivity contribution is 8.01. The van der Waals surface area contributed by atoms with E-state index in [1.54, 1.807) is 42.8 Å². The largest absolute Gasteiger partial charge is 0.477 e. The third-order valence-electron chi connectivity index (χ3n) is 5.30. The minimum atomic E-state index is -1.17. The number of carbonyl (C=O) groups excluding carboxylic acids is 3. The zero-order chi connectivity index (χ0) is 24.9. The van der Waals surface area contributed by atoms with Crippen molar-refractivity contribution in [3.63, 3.8) is 0 Å². The number of β-lactam (4-membered cyclic amide) rings is 1. The lowest BCUT2D eigenvalue weighted by molar-refractivity contribution is -0.151. The number of thioether (sulfide) groups is 3. The number of carboxylic acid groups (broad SMARTS) is 1. The highest BCUT2D eigenvalue weighted by Gasteiger charge is 2.54. The Kier molecular flexibility index (Phi) is 8.42. The minimum Gasteiger partial charge on any atom is -0.477 e. The lowest BCUT2D eigenvalue weighted by Gasteiger charge is -2.49. The number of rotatable bonds is 10. The van der Waals surface area contributed by atoms with Crippen LogP contribution in [0.4, 0.5) is 0 Å². The van der Waals surface area contributed by atoms with Gasteiger partial charge in [0.2, 0.25) is 11.8 Å². The number of hydrogen-bond acceptors (Lipinski definition) is 9. The summed E-state index contributed by atoms with van der Waals surface area (Å²) in [6.45, 7) is 0. The lowest BCUT2D eigenvalue weighted by Crippen LogP contribution is -2.71. The van der Waals surface area contributed by atoms with Gasteiger partial charge in [0, 0.05) is 23.1 Å². The normalized spacial score (nSPS) is 20.0. The van der Waals surface area contributed by atoms with Crippen LogP contribution < -0.4 is 10.6 Å². The molecule has 0 spiro atoms. The Hall–Kier alpha value is -2.48. The number of aliphatic carboxylic acids is 1. The number of amides is 3. The van der Waals surface area contributed by atoms with E-state index in [4.69, 9.17) is 0 Å². The summed E-state index contributed by atoms with van der Waals surface area (Å²) in [4.78, 5) is 55.9. The number of carbonyl (C=O) groups is 4. The van der Waals surface area contributed by atoms with Gasteiger partial charge in [-0.05, 0) is 17.4 Å². The highest BCUT2D eigenvalue weighted by atomic mass is 32.2. The second-order valence-corrected chi connectivity index (χ2v) is 11.7. The SMILES string of the molecule is CSCC(=O)NC(C(=O)NC1C(=O)N2C(C(=O)O)=C(CSc3nccs3)CS[C@@H]12)c1ccccc1. The van der Waals surface area contributed by atoms with Crippen molar-refractivity contribution < 1.29 is 24.3 Å². The maximum Gasteiger partial charge on any atom is 0.352 e. The van der Waals surface area contributed by atoms with Gasteiger partial charge < -0.3 is 15.7 Å². The van der Waals surface area contributed by atoms with E-state index in [1.807, 2.05) is 5.38 Å². The fourth-order valence-corrected chi connectivity index (χ4v) is 7.21. The van der Waals surface area contributed by atoms with Crippen LogP contribution in [0.15, 0.2) is 57.5 Å². The molecule has 1 aromatic heterocycles.